The summed E-state index contributed by atoms with van der Waals surface area (Å²) < 4.78 is 42.1. The van der Waals surface area contributed by atoms with E-state index in [-0.39, 0.29) is 0 Å². The van der Waals surface area contributed by atoms with E-state index in [0.717, 1.165) is 33.4 Å². The summed E-state index contributed by atoms with van der Waals surface area (Å²) in [7, 11) is 0. The van der Waals surface area contributed by atoms with Crippen molar-refractivity contribution in [2.24, 2.45) is 0 Å². The van der Waals surface area contributed by atoms with E-state index in [9.17, 15) is 0 Å². The lowest BCUT2D eigenvalue weighted by Crippen LogP contribution is -1.99. The van der Waals surface area contributed by atoms with Crippen LogP contribution >= 0.6 is 0 Å². The Morgan fingerprint density at radius 1 is 0.271 bits per heavy atom. The molecule has 8 aromatic rings. The smallest absolute Gasteiger partial charge is 0.169 e. The van der Waals surface area contributed by atoms with Crippen molar-refractivity contribution in [3.05, 3.63) is 106 Å². The second-order valence-corrected chi connectivity index (χ2v) is 11.9. The first-order chi connectivity index (χ1) is 23.5. The highest BCUT2D eigenvalue weighted by molar-refractivity contribution is 5.90. The number of hydrogen-bond acceptors (Lipinski definition) is 6. The molecule has 0 atom stereocenters. The van der Waals surface area contributed by atoms with Crippen LogP contribution in [0.25, 0.3) is 67.0 Å². The Morgan fingerprint density at radius 3 is 0.542 bits per heavy atom. The highest BCUT2D eigenvalue weighted by Gasteiger charge is 2.22. The Kier molecular flexibility index (Phi) is 8.65. The molecule has 8 rings (SSSR count). The normalized spacial score (nSPS) is 11.6. The molecule has 0 N–H and O–H groups in total. The third-order valence-electron chi connectivity index (χ3n) is 9.23. The second kappa shape index (κ2) is 13.2. The van der Waals surface area contributed by atoms with Crippen LogP contribution in [0.3, 0.4) is 0 Å². The first kappa shape index (κ1) is 31.5. The summed E-state index contributed by atoms with van der Waals surface area (Å²) in [5.74, 6) is 0. The minimum absolute atomic E-state index is 0.603. The van der Waals surface area contributed by atoms with Crippen molar-refractivity contribution in [1.29, 1.82) is 0 Å². The lowest BCUT2D eigenvalue weighted by molar-refractivity contribution is 0.573. The Balaban J connectivity index is 2.04. The lowest BCUT2D eigenvalue weighted by Gasteiger charge is -2.15. The predicted molar refractivity (Wildman–Crippen MR) is 194 cm³/mol. The number of rotatable bonds is 6. The molecule has 0 spiro atoms. The van der Waals surface area contributed by atoms with Crippen LogP contribution in [-0.4, -0.2) is 0 Å². The summed E-state index contributed by atoms with van der Waals surface area (Å²) >= 11 is 0. The van der Waals surface area contributed by atoms with Crippen LogP contribution in [0.5, 0.6) is 0 Å². The maximum absolute atomic E-state index is 7.02. The van der Waals surface area contributed by atoms with Gasteiger partial charge in [0, 0.05) is 33.4 Å². The molecular weight excluding hydrogens is 600 g/mol. The van der Waals surface area contributed by atoms with Gasteiger partial charge in [0.2, 0.25) is 0 Å². The number of para-hydroxylation sites is 6. The summed E-state index contributed by atoms with van der Waals surface area (Å²) in [4.78, 5) is 0. The minimum Gasteiger partial charge on any atom is -0.453 e. The maximum Gasteiger partial charge on any atom is 0.169 e. The van der Waals surface area contributed by atoms with Crippen molar-refractivity contribution < 1.29 is 26.5 Å². The van der Waals surface area contributed by atoms with Crippen molar-refractivity contribution in [2.75, 3.05) is 0 Å². The molecule has 3 heterocycles. The molecule has 0 fully saturated rings. The van der Waals surface area contributed by atoms with E-state index in [1.165, 1.54) is 0 Å². The molecule has 48 heavy (non-hydrogen) atoms. The van der Waals surface area contributed by atoms with Gasteiger partial charge >= 0.3 is 0 Å². The summed E-state index contributed by atoms with van der Waals surface area (Å²) in [6.45, 7) is 12.8. The Morgan fingerprint density at radius 2 is 0.417 bits per heavy atom. The zero-order chi connectivity index (χ0) is 33.4. The Labute approximate surface area is 279 Å². The largest absolute Gasteiger partial charge is 0.453 e. The van der Waals surface area contributed by atoms with Crippen LogP contribution in [0, 0.1) is 0 Å². The SMILES string of the molecule is CCc1c2oc3ccccc3oc3c(CC)c4oc5ccccc5oc1c(CC)c(oc1ccccc1oc(c3CC)c4CC)c2CC. The fraction of sp³-hybridized carbons (Fsp3) is 0.286. The molecule has 0 aliphatic heterocycles. The number of aryl methyl sites for hydroxylation is 6. The van der Waals surface area contributed by atoms with Gasteiger partial charge in [-0.25, -0.2) is 0 Å². The topological polar surface area (TPSA) is 78.8 Å². The van der Waals surface area contributed by atoms with Gasteiger partial charge in [-0.15, -0.1) is 0 Å². The van der Waals surface area contributed by atoms with E-state index in [0.29, 0.717) is 106 Å². The minimum atomic E-state index is 0.603. The lowest BCUT2D eigenvalue weighted by atomic mass is 9.97. The standard InChI is InChI=1S/C42H42O6/c1-7-25-37-26(8-2)39-27(9-3)38(25)44-32-20-14-16-22-34(32)47-41-28(10-4)40(46-33-21-15-13-19-31(33)43-37)29(11-5)42(30(41)12-6)48-36-24-18-17-23-35(36)45-39/h13-24H,7-12H2,1-6H3. The molecular formula is C42H42O6. The third kappa shape index (κ3) is 5.20. The molecule has 5 aromatic carbocycles. The number of hydrogen-bond donors (Lipinski definition) is 0. The fourth-order valence-electron chi connectivity index (χ4n) is 6.89. The molecule has 6 nitrogen and oxygen atoms in total. The molecule has 3 aromatic heterocycles. The van der Waals surface area contributed by atoms with Crippen molar-refractivity contribution in [2.45, 2.75) is 80.1 Å². The van der Waals surface area contributed by atoms with Crippen molar-refractivity contribution in [3.63, 3.8) is 0 Å². The number of benzene rings is 5. The molecule has 0 saturated carbocycles. The molecule has 0 saturated heterocycles. The van der Waals surface area contributed by atoms with Crippen LogP contribution < -0.4 is 0 Å². The van der Waals surface area contributed by atoms with Crippen molar-refractivity contribution in [3.8, 4) is 0 Å². The average molecular weight is 643 g/mol. The molecule has 0 amide bonds. The van der Waals surface area contributed by atoms with E-state index in [1.807, 2.05) is 72.8 Å². The zero-order valence-corrected chi connectivity index (χ0v) is 28.6. The van der Waals surface area contributed by atoms with Gasteiger partial charge in [-0.2, -0.15) is 0 Å². The Hall–Kier alpha value is -5.10. The van der Waals surface area contributed by atoms with Crippen molar-refractivity contribution >= 4 is 67.0 Å². The molecule has 6 bridgehead atoms. The van der Waals surface area contributed by atoms with E-state index in [2.05, 4.69) is 41.5 Å². The molecule has 0 aliphatic carbocycles. The average Bonchev–Trinajstić information content (AvgIpc) is 3.10. The summed E-state index contributed by atoms with van der Waals surface area (Å²) in [5, 5.41) is 0. The summed E-state index contributed by atoms with van der Waals surface area (Å²) in [6.07, 6.45) is 3.99. The van der Waals surface area contributed by atoms with Gasteiger partial charge in [-0.3, -0.25) is 0 Å². The first-order valence-corrected chi connectivity index (χ1v) is 17.3. The van der Waals surface area contributed by atoms with Crippen LogP contribution in [0.15, 0.2) is 99.3 Å². The van der Waals surface area contributed by atoms with E-state index >= 15 is 0 Å². The van der Waals surface area contributed by atoms with E-state index in [1.54, 1.807) is 0 Å². The van der Waals surface area contributed by atoms with Gasteiger partial charge in [0.25, 0.3) is 0 Å². The first-order valence-electron chi connectivity index (χ1n) is 17.3. The van der Waals surface area contributed by atoms with Crippen LogP contribution in [0.1, 0.15) is 74.9 Å². The fourth-order valence-corrected chi connectivity index (χ4v) is 6.89. The summed E-state index contributed by atoms with van der Waals surface area (Å²) in [5.41, 5.74) is 13.6. The predicted octanol–water partition coefficient (Wildman–Crippen LogP) is 12.9. The highest BCUT2D eigenvalue weighted by Crippen LogP contribution is 2.38. The maximum atomic E-state index is 7.02. The zero-order valence-electron chi connectivity index (χ0n) is 28.6. The second-order valence-electron chi connectivity index (χ2n) is 11.9. The molecule has 0 unspecified atom stereocenters. The van der Waals surface area contributed by atoms with Gasteiger partial charge in [0.05, 0.1) is 0 Å². The summed E-state index contributed by atoms with van der Waals surface area (Å²) in [6, 6.07) is 23.6. The van der Waals surface area contributed by atoms with Gasteiger partial charge in [-0.1, -0.05) is 77.9 Å². The van der Waals surface area contributed by atoms with E-state index in [4.69, 9.17) is 26.5 Å². The van der Waals surface area contributed by atoms with Crippen molar-refractivity contribution in [1.82, 2.24) is 0 Å². The van der Waals surface area contributed by atoms with E-state index < -0.39 is 0 Å². The van der Waals surface area contributed by atoms with Gasteiger partial charge < -0.3 is 26.5 Å². The molecule has 0 radical (unpaired) electrons. The quantitative estimate of drug-likeness (QED) is 0.180. The van der Waals surface area contributed by atoms with Crippen LogP contribution in [-0.2, 0) is 38.5 Å². The monoisotopic (exact) mass is 642 g/mol. The van der Waals surface area contributed by atoms with Gasteiger partial charge in [-0.05, 0) is 74.9 Å². The third-order valence-corrected chi connectivity index (χ3v) is 9.23. The van der Waals surface area contributed by atoms with Crippen LogP contribution in [0.4, 0.5) is 0 Å². The molecule has 246 valence electrons. The Bertz CT molecular complexity index is 1980. The van der Waals surface area contributed by atoms with Gasteiger partial charge in [0.1, 0.15) is 33.5 Å². The van der Waals surface area contributed by atoms with Crippen LogP contribution in [0.2, 0.25) is 0 Å². The molecule has 0 aliphatic rings. The van der Waals surface area contributed by atoms with Gasteiger partial charge in [0.15, 0.2) is 33.5 Å². The molecule has 6 heteroatoms. The highest BCUT2D eigenvalue weighted by atomic mass is 16.4.